The lowest BCUT2D eigenvalue weighted by atomic mass is 10.2. The molecule has 21 heavy (non-hydrogen) atoms. The van der Waals surface area contributed by atoms with Gasteiger partial charge < -0.3 is 5.32 Å². The van der Waals surface area contributed by atoms with Crippen LogP contribution in [0, 0.1) is 11.6 Å². The van der Waals surface area contributed by atoms with Crippen LogP contribution < -0.4 is 5.32 Å². The summed E-state index contributed by atoms with van der Waals surface area (Å²) in [6.07, 6.45) is 1.00. The number of thioether (sulfide) groups is 1. The van der Waals surface area contributed by atoms with Gasteiger partial charge in [0.05, 0.1) is 6.20 Å². The van der Waals surface area contributed by atoms with Crippen molar-refractivity contribution in [3.8, 4) is 0 Å². The summed E-state index contributed by atoms with van der Waals surface area (Å²) in [5, 5.41) is 3.19. The molecule has 8 heteroatoms. The SMILES string of the molecule is Fc1cnc(Cl)nc1NCCSCc1c(F)cccc1Cl. The molecule has 112 valence electrons. The van der Waals surface area contributed by atoms with Crippen molar-refractivity contribution in [3.63, 3.8) is 0 Å². The molecular formula is C13H11Cl2F2N3S. The topological polar surface area (TPSA) is 37.8 Å². The Balaban J connectivity index is 1.79. The third kappa shape index (κ3) is 4.69. The fraction of sp³-hybridized carbons (Fsp3) is 0.231. The van der Waals surface area contributed by atoms with Crippen LogP contribution in [0.2, 0.25) is 10.3 Å². The zero-order valence-electron chi connectivity index (χ0n) is 10.7. The molecule has 0 amide bonds. The summed E-state index contributed by atoms with van der Waals surface area (Å²) in [6, 6.07) is 4.59. The van der Waals surface area contributed by atoms with E-state index in [1.165, 1.54) is 17.8 Å². The number of nitrogens with zero attached hydrogens (tertiary/aromatic N) is 2. The Morgan fingerprint density at radius 1 is 1.19 bits per heavy atom. The highest BCUT2D eigenvalue weighted by Crippen LogP contribution is 2.23. The fourth-order valence-corrected chi connectivity index (χ4v) is 2.89. The van der Waals surface area contributed by atoms with Crippen LogP contribution in [0.3, 0.4) is 0 Å². The van der Waals surface area contributed by atoms with Gasteiger partial charge in [-0.15, -0.1) is 0 Å². The van der Waals surface area contributed by atoms with Gasteiger partial charge in [-0.25, -0.2) is 13.8 Å². The monoisotopic (exact) mass is 349 g/mol. The molecule has 2 aromatic rings. The largest absolute Gasteiger partial charge is 0.367 e. The molecule has 0 bridgehead atoms. The van der Waals surface area contributed by atoms with Crippen LogP contribution in [-0.2, 0) is 5.75 Å². The third-order valence-electron chi connectivity index (χ3n) is 2.56. The lowest BCUT2D eigenvalue weighted by Gasteiger charge is -2.08. The summed E-state index contributed by atoms with van der Waals surface area (Å²) in [6.45, 7) is 0.459. The van der Waals surface area contributed by atoms with Gasteiger partial charge in [0.25, 0.3) is 0 Å². The van der Waals surface area contributed by atoms with Gasteiger partial charge >= 0.3 is 0 Å². The maximum Gasteiger partial charge on any atom is 0.224 e. The molecule has 0 fully saturated rings. The zero-order chi connectivity index (χ0) is 15.2. The van der Waals surface area contributed by atoms with Crippen molar-refractivity contribution >= 4 is 40.8 Å². The van der Waals surface area contributed by atoms with Crippen LogP contribution in [0.25, 0.3) is 0 Å². The van der Waals surface area contributed by atoms with Gasteiger partial charge in [0, 0.05) is 28.6 Å². The molecule has 0 saturated heterocycles. The van der Waals surface area contributed by atoms with E-state index in [4.69, 9.17) is 23.2 Å². The lowest BCUT2D eigenvalue weighted by Crippen LogP contribution is -2.08. The zero-order valence-corrected chi connectivity index (χ0v) is 13.1. The molecule has 0 aliphatic heterocycles. The maximum atomic E-state index is 13.5. The Hall–Kier alpha value is -1.11. The van der Waals surface area contributed by atoms with E-state index in [9.17, 15) is 8.78 Å². The van der Waals surface area contributed by atoms with Crippen LogP contribution in [0.5, 0.6) is 0 Å². The van der Waals surface area contributed by atoms with E-state index in [1.807, 2.05) is 0 Å². The first kappa shape index (κ1) is 16.3. The van der Waals surface area contributed by atoms with Crippen molar-refractivity contribution in [1.29, 1.82) is 0 Å². The van der Waals surface area contributed by atoms with Crippen LogP contribution >= 0.6 is 35.0 Å². The van der Waals surface area contributed by atoms with Gasteiger partial charge in [-0.2, -0.15) is 16.7 Å². The smallest absolute Gasteiger partial charge is 0.224 e. The number of anilines is 1. The maximum absolute atomic E-state index is 13.5. The predicted octanol–water partition coefficient (Wildman–Crippen LogP) is 4.41. The van der Waals surface area contributed by atoms with Crippen LogP contribution in [0.15, 0.2) is 24.4 Å². The molecule has 0 aliphatic carbocycles. The second-order valence-electron chi connectivity index (χ2n) is 4.02. The van der Waals surface area contributed by atoms with Crippen molar-refractivity contribution in [2.75, 3.05) is 17.6 Å². The molecule has 0 atom stereocenters. The highest BCUT2D eigenvalue weighted by molar-refractivity contribution is 7.98. The summed E-state index contributed by atoms with van der Waals surface area (Å²) in [4.78, 5) is 7.26. The molecule has 2 rings (SSSR count). The van der Waals surface area contributed by atoms with Gasteiger partial charge in [0.1, 0.15) is 5.82 Å². The minimum atomic E-state index is -0.568. The molecule has 0 saturated carbocycles. The molecule has 3 nitrogen and oxygen atoms in total. The van der Waals surface area contributed by atoms with Crippen molar-refractivity contribution in [2.45, 2.75) is 5.75 Å². The molecule has 1 aromatic heterocycles. The van der Waals surface area contributed by atoms with E-state index in [2.05, 4.69) is 15.3 Å². The van der Waals surface area contributed by atoms with E-state index in [-0.39, 0.29) is 16.9 Å². The van der Waals surface area contributed by atoms with E-state index >= 15 is 0 Å². The molecule has 0 radical (unpaired) electrons. The average molecular weight is 350 g/mol. The van der Waals surface area contributed by atoms with E-state index < -0.39 is 5.82 Å². The normalized spacial score (nSPS) is 10.7. The van der Waals surface area contributed by atoms with E-state index in [1.54, 1.807) is 12.1 Å². The lowest BCUT2D eigenvalue weighted by molar-refractivity contribution is 0.617. The number of hydrogen-bond donors (Lipinski definition) is 1. The Morgan fingerprint density at radius 3 is 2.76 bits per heavy atom. The highest BCUT2D eigenvalue weighted by atomic mass is 35.5. The van der Waals surface area contributed by atoms with E-state index in [0.29, 0.717) is 28.6 Å². The number of nitrogens with one attached hydrogen (secondary N) is 1. The van der Waals surface area contributed by atoms with E-state index in [0.717, 1.165) is 6.20 Å². The van der Waals surface area contributed by atoms with Crippen LogP contribution in [0.4, 0.5) is 14.6 Å². The third-order valence-corrected chi connectivity index (χ3v) is 4.08. The fourth-order valence-electron chi connectivity index (χ4n) is 1.56. The van der Waals surface area contributed by atoms with Gasteiger partial charge in [-0.3, -0.25) is 0 Å². The Bertz CT molecular complexity index is 608. The number of benzene rings is 1. The summed E-state index contributed by atoms with van der Waals surface area (Å²) < 4.78 is 26.9. The number of rotatable bonds is 6. The highest BCUT2D eigenvalue weighted by Gasteiger charge is 2.07. The number of halogens is 4. The molecule has 1 heterocycles. The molecule has 0 unspecified atom stereocenters. The molecule has 0 spiro atoms. The van der Waals surface area contributed by atoms with Crippen molar-refractivity contribution in [3.05, 3.63) is 51.9 Å². The summed E-state index contributed by atoms with van der Waals surface area (Å²) >= 11 is 13.0. The molecule has 1 aromatic carbocycles. The predicted molar refractivity (Wildman–Crippen MR) is 83.1 cm³/mol. The number of aromatic nitrogens is 2. The standard InChI is InChI=1S/C13H11Cl2F2N3S/c14-9-2-1-3-10(16)8(9)7-21-5-4-18-12-11(17)6-19-13(15)20-12/h1-3,6H,4-5,7H2,(H,18,19,20). The first-order chi connectivity index (χ1) is 10.1. The Labute approximate surface area is 135 Å². The van der Waals surface area contributed by atoms with Crippen LogP contribution in [0.1, 0.15) is 5.56 Å². The molecular weight excluding hydrogens is 339 g/mol. The van der Waals surface area contributed by atoms with Crippen molar-refractivity contribution < 1.29 is 8.78 Å². The summed E-state index contributed by atoms with van der Waals surface area (Å²) in [5.41, 5.74) is 0.473. The van der Waals surface area contributed by atoms with Crippen molar-refractivity contribution in [1.82, 2.24) is 9.97 Å². The first-order valence-electron chi connectivity index (χ1n) is 6.00. The average Bonchev–Trinajstić information content (AvgIpc) is 2.45. The second kappa shape index (κ2) is 7.77. The minimum Gasteiger partial charge on any atom is -0.367 e. The van der Waals surface area contributed by atoms with Crippen molar-refractivity contribution in [2.24, 2.45) is 0 Å². The Morgan fingerprint density at radius 2 is 2.00 bits per heavy atom. The minimum absolute atomic E-state index is 0.0234. The quantitative estimate of drug-likeness (QED) is 0.619. The van der Waals surface area contributed by atoms with Gasteiger partial charge in [-0.05, 0) is 23.7 Å². The molecule has 1 N–H and O–H groups in total. The number of hydrogen-bond acceptors (Lipinski definition) is 4. The molecule has 0 aliphatic rings. The van der Waals surface area contributed by atoms with Gasteiger partial charge in [0.2, 0.25) is 5.28 Å². The van der Waals surface area contributed by atoms with Crippen LogP contribution in [-0.4, -0.2) is 22.3 Å². The summed E-state index contributed by atoms with van der Waals surface area (Å²) in [7, 11) is 0. The first-order valence-corrected chi connectivity index (χ1v) is 7.91. The van der Waals surface area contributed by atoms with Gasteiger partial charge in [0.15, 0.2) is 11.6 Å². The summed E-state index contributed by atoms with van der Waals surface area (Å²) in [5.74, 6) is 0.240. The second-order valence-corrected chi connectivity index (χ2v) is 5.87. The Kier molecular flexibility index (Phi) is 6.02. The van der Waals surface area contributed by atoms with Gasteiger partial charge in [-0.1, -0.05) is 17.7 Å².